The molecule has 2 rings (SSSR count). The zero-order valence-electron chi connectivity index (χ0n) is 11.7. The van der Waals surface area contributed by atoms with Gasteiger partial charge >= 0.3 is 5.97 Å². The van der Waals surface area contributed by atoms with Crippen molar-refractivity contribution < 1.29 is 19.7 Å². The zero-order chi connectivity index (χ0) is 15.4. The second kappa shape index (κ2) is 6.13. The van der Waals surface area contributed by atoms with Crippen LogP contribution >= 0.6 is 0 Å². The molecule has 0 aliphatic carbocycles. The van der Waals surface area contributed by atoms with Crippen molar-refractivity contribution in [1.82, 2.24) is 0 Å². The minimum Gasteiger partial charge on any atom is -0.504 e. The van der Waals surface area contributed by atoms with Crippen molar-refractivity contribution in [2.24, 2.45) is 0 Å². The first kappa shape index (κ1) is 14.7. The molecule has 0 heterocycles. The second-order valence-electron chi connectivity index (χ2n) is 4.70. The standard InChI is InChI=1S/C17H16O4/c1-3-12-4-6-13(7-5-12)10-21-15-9-11(2)8-14(16(15)18)17(19)20/h3-9,18H,1,10H2,2H3,(H,19,20). The number of ether oxygens (including phenoxy) is 1. The van der Waals surface area contributed by atoms with E-state index in [1.807, 2.05) is 24.3 Å². The average molecular weight is 284 g/mol. The van der Waals surface area contributed by atoms with Gasteiger partial charge in [-0.05, 0) is 35.7 Å². The van der Waals surface area contributed by atoms with Crippen LogP contribution in [0.2, 0.25) is 0 Å². The summed E-state index contributed by atoms with van der Waals surface area (Å²) in [5.41, 5.74) is 2.47. The Kier molecular flexibility index (Phi) is 4.28. The Bertz CT molecular complexity index is 672. The van der Waals surface area contributed by atoms with E-state index in [2.05, 4.69) is 6.58 Å². The number of aromatic carboxylic acids is 1. The van der Waals surface area contributed by atoms with Crippen molar-refractivity contribution in [3.05, 3.63) is 65.2 Å². The summed E-state index contributed by atoms with van der Waals surface area (Å²) >= 11 is 0. The van der Waals surface area contributed by atoms with Crippen LogP contribution in [0, 0.1) is 6.92 Å². The summed E-state index contributed by atoms with van der Waals surface area (Å²) in [7, 11) is 0. The number of aryl methyl sites for hydroxylation is 1. The lowest BCUT2D eigenvalue weighted by molar-refractivity contribution is 0.0692. The van der Waals surface area contributed by atoms with Gasteiger partial charge in [-0.3, -0.25) is 0 Å². The highest BCUT2D eigenvalue weighted by molar-refractivity contribution is 5.92. The topological polar surface area (TPSA) is 66.8 Å². The van der Waals surface area contributed by atoms with E-state index in [-0.39, 0.29) is 23.7 Å². The van der Waals surface area contributed by atoms with Crippen LogP contribution in [0.1, 0.15) is 27.0 Å². The Morgan fingerprint density at radius 1 is 1.29 bits per heavy atom. The molecule has 108 valence electrons. The summed E-state index contributed by atoms with van der Waals surface area (Å²) in [5, 5.41) is 19.0. The molecule has 0 bridgehead atoms. The van der Waals surface area contributed by atoms with E-state index in [9.17, 15) is 9.90 Å². The van der Waals surface area contributed by atoms with Gasteiger partial charge in [-0.1, -0.05) is 36.9 Å². The van der Waals surface area contributed by atoms with E-state index < -0.39 is 5.97 Å². The normalized spacial score (nSPS) is 10.1. The Balaban J connectivity index is 2.19. The first-order valence-electron chi connectivity index (χ1n) is 6.42. The summed E-state index contributed by atoms with van der Waals surface area (Å²) < 4.78 is 5.53. The van der Waals surface area contributed by atoms with Crippen molar-refractivity contribution in [2.45, 2.75) is 13.5 Å². The van der Waals surface area contributed by atoms with E-state index in [4.69, 9.17) is 9.84 Å². The maximum absolute atomic E-state index is 11.0. The van der Waals surface area contributed by atoms with E-state index >= 15 is 0 Å². The molecule has 0 spiro atoms. The smallest absolute Gasteiger partial charge is 0.339 e. The fourth-order valence-electron chi connectivity index (χ4n) is 1.93. The molecule has 0 amide bonds. The van der Waals surface area contributed by atoms with Crippen LogP contribution < -0.4 is 4.74 Å². The molecule has 4 heteroatoms. The zero-order valence-corrected chi connectivity index (χ0v) is 11.7. The Morgan fingerprint density at radius 3 is 2.52 bits per heavy atom. The van der Waals surface area contributed by atoms with Crippen LogP contribution in [0.25, 0.3) is 6.08 Å². The third-order valence-corrected chi connectivity index (χ3v) is 3.06. The molecule has 4 nitrogen and oxygen atoms in total. The molecule has 0 saturated carbocycles. The van der Waals surface area contributed by atoms with Crippen molar-refractivity contribution in [1.29, 1.82) is 0 Å². The van der Waals surface area contributed by atoms with Gasteiger partial charge < -0.3 is 14.9 Å². The number of rotatable bonds is 5. The number of hydrogen-bond donors (Lipinski definition) is 2. The SMILES string of the molecule is C=Cc1ccc(COc2cc(C)cc(C(=O)O)c2O)cc1. The summed E-state index contributed by atoms with van der Waals surface area (Å²) in [4.78, 5) is 11.0. The van der Waals surface area contributed by atoms with Crippen molar-refractivity contribution in [3.8, 4) is 11.5 Å². The molecular weight excluding hydrogens is 268 g/mol. The van der Waals surface area contributed by atoms with E-state index in [1.165, 1.54) is 6.07 Å². The molecule has 0 fully saturated rings. The lowest BCUT2D eigenvalue weighted by atomic mass is 10.1. The van der Waals surface area contributed by atoms with Crippen LogP contribution in [0.5, 0.6) is 11.5 Å². The molecule has 0 radical (unpaired) electrons. The van der Waals surface area contributed by atoms with Crippen molar-refractivity contribution >= 4 is 12.0 Å². The minimum atomic E-state index is -1.18. The monoisotopic (exact) mass is 284 g/mol. The molecule has 0 aliphatic heterocycles. The largest absolute Gasteiger partial charge is 0.504 e. The highest BCUT2D eigenvalue weighted by Gasteiger charge is 2.15. The second-order valence-corrected chi connectivity index (χ2v) is 4.70. The maximum Gasteiger partial charge on any atom is 0.339 e. The molecular formula is C17H16O4. The van der Waals surface area contributed by atoms with Crippen LogP contribution in [0.4, 0.5) is 0 Å². The Morgan fingerprint density at radius 2 is 1.95 bits per heavy atom. The fourth-order valence-corrected chi connectivity index (χ4v) is 1.93. The van der Waals surface area contributed by atoms with Crippen molar-refractivity contribution in [3.63, 3.8) is 0 Å². The molecule has 2 aromatic carbocycles. The summed E-state index contributed by atoms with van der Waals surface area (Å²) in [6, 6.07) is 10.6. The van der Waals surface area contributed by atoms with Gasteiger partial charge in [-0.25, -0.2) is 4.79 Å². The molecule has 21 heavy (non-hydrogen) atoms. The highest BCUT2D eigenvalue weighted by atomic mass is 16.5. The van der Waals surface area contributed by atoms with Gasteiger partial charge in [0.15, 0.2) is 11.5 Å². The van der Waals surface area contributed by atoms with Gasteiger partial charge in [0, 0.05) is 0 Å². The highest BCUT2D eigenvalue weighted by Crippen LogP contribution is 2.32. The Hall–Kier alpha value is -2.75. The minimum absolute atomic E-state index is 0.160. The predicted octanol–water partition coefficient (Wildman–Crippen LogP) is 3.62. The summed E-state index contributed by atoms with van der Waals surface area (Å²) in [5.74, 6) is -1.37. The molecule has 0 saturated heterocycles. The third-order valence-electron chi connectivity index (χ3n) is 3.06. The molecule has 2 N–H and O–H groups in total. The number of hydrogen-bond acceptors (Lipinski definition) is 3. The fraction of sp³-hybridized carbons (Fsp3) is 0.118. The quantitative estimate of drug-likeness (QED) is 0.880. The number of carboxylic acids is 1. The third kappa shape index (κ3) is 3.42. The molecule has 0 aliphatic rings. The number of carboxylic acid groups (broad SMARTS) is 1. The molecule has 0 atom stereocenters. The van der Waals surface area contributed by atoms with E-state index in [0.29, 0.717) is 5.56 Å². The van der Waals surface area contributed by atoms with Crippen LogP contribution in [0.15, 0.2) is 43.0 Å². The van der Waals surface area contributed by atoms with Crippen LogP contribution in [0.3, 0.4) is 0 Å². The predicted molar refractivity (Wildman–Crippen MR) is 80.7 cm³/mol. The Labute approximate surface area is 122 Å². The van der Waals surface area contributed by atoms with Gasteiger partial charge in [0.1, 0.15) is 12.2 Å². The summed E-state index contributed by atoms with van der Waals surface area (Å²) in [6.07, 6.45) is 1.75. The van der Waals surface area contributed by atoms with E-state index in [0.717, 1.165) is 11.1 Å². The average Bonchev–Trinajstić information content (AvgIpc) is 2.48. The van der Waals surface area contributed by atoms with Crippen molar-refractivity contribution in [2.75, 3.05) is 0 Å². The molecule has 0 aromatic heterocycles. The van der Waals surface area contributed by atoms with Crippen LogP contribution in [-0.2, 0) is 6.61 Å². The number of aromatic hydroxyl groups is 1. The van der Waals surface area contributed by atoms with Gasteiger partial charge in [0.25, 0.3) is 0 Å². The first-order valence-corrected chi connectivity index (χ1v) is 6.42. The first-order chi connectivity index (χ1) is 10.0. The van der Waals surface area contributed by atoms with Gasteiger partial charge in [0.2, 0.25) is 0 Å². The van der Waals surface area contributed by atoms with Gasteiger partial charge in [0.05, 0.1) is 0 Å². The van der Waals surface area contributed by atoms with Crippen LogP contribution in [-0.4, -0.2) is 16.2 Å². The summed E-state index contributed by atoms with van der Waals surface area (Å²) in [6.45, 7) is 5.67. The lowest BCUT2D eigenvalue weighted by Crippen LogP contribution is -2.01. The maximum atomic E-state index is 11.0. The molecule has 2 aromatic rings. The van der Waals surface area contributed by atoms with Gasteiger partial charge in [-0.2, -0.15) is 0 Å². The van der Waals surface area contributed by atoms with E-state index in [1.54, 1.807) is 19.1 Å². The number of phenols is 1. The lowest BCUT2D eigenvalue weighted by Gasteiger charge is -2.11. The molecule has 0 unspecified atom stereocenters. The number of benzene rings is 2. The van der Waals surface area contributed by atoms with Gasteiger partial charge in [-0.15, -0.1) is 0 Å². The number of carbonyl (C=O) groups is 1.